The van der Waals surface area contributed by atoms with E-state index in [0.717, 1.165) is 0 Å². The number of allylic oxidation sites excluding steroid dienone is 1. The highest BCUT2D eigenvalue weighted by molar-refractivity contribution is 7.89. The van der Waals surface area contributed by atoms with Crippen LogP contribution in [0.1, 0.15) is 6.42 Å². The standard InChI is InChI=1S/C19H16Cl3N3O4S/c20-12-2-1-3-14(7-12)29-16-5-4-13(8-17(16)30(23,27)28)25-19(26)6-11-10-24-18(22)9-15(11)21/h1-5,7-10,18,24H,6H2,(H,25,26)(H2,23,27,28). The summed E-state index contributed by atoms with van der Waals surface area (Å²) < 4.78 is 29.7. The van der Waals surface area contributed by atoms with Crippen LogP contribution >= 0.6 is 34.8 Å². The quantitative estimate of drug-likeness (QED) is 0.415. The van der Waals surface area contributed by atoms with E-state index in [2.05, 4.69) is 10.6 Å². The first-order chi connectivity index (χ1) is 14.1. The number of dihydropyridines is 1. The van der Waals surface area contributed by atoms with E-state index in [4.69, 9.17) is 44.7 Å². The number of nitrogens with two attached hydrogens (primary N) is 1. The third-order valence-corrected chi connectivity index (χ3v) is 5.71. The lowest BCUT2D eigenvalue weighted by molar-refractivity contribution is -0.115. The average Bonchev–Trinajstić information content (AvgIpc) is 2.64. The number of amides is 1. The summed E-state index contributed by atoms with van der Waals surface area (Å²) >= 11 is 17.9. The van der Waals surface area contributed by atoms with E-state index in [1.165, 1.54) is 24.3 Å². The van der Waals surface area contributed by atoms with E-state index in [0.29, 0.717) is 21.4 Å². The van der Waals surface area contributed by atoms with Crippen molar-refractivity contribution in [2.45, 2.75) is 16.8 Å². The van der Waals surface area contributed by atoms with E-state index in [1.807, 2.05) is 0 Å². The molecule has 7 nitrogen and oxygen atoms in total. The first kappa shape index (κ1) is 22.5. The van der Waals surface area contributed by atoms with Gasteiger partial charge in [0.2, 0.25) is 15.9 Å². The molecule has 0 saturated heterocycles. The van der Waals surface area contributed by atoms with Crippen LogP contribution in [0.5, 0.6) is 11.5 Å². The Morgan fingerprint density at radius 2 is 1.97 bits per heavy atom. The number of hydrogen-bond donors (Lipinski definition) is 3. The van der Waals surface area contributed by atoms with Gasteiger partial charge in [0, 0.05) is 21.9 Å². The third-order valence-electron chi connectivity index (χ3n) is 3.93. The monoisotopic (exact) mass is 487 g/mol. The minimum atomic E-state index is -4.14. The predicted molar refractivity (Wildman–Crippen MR) is 117 cm³/mol. The minimum Gasteiger partial charge on any atom is -0.456 e. The molecule has 1 unspecified atom stereocenters. The molecule has 2 aromatic carbocycles. The molecule has 1 amide bonds. The number of hydrogen-bond acceptors (Lipinski definition) is 5. The van der Waals surface area contributed by atoms with Gasteiger partial charge < -0.3 is 15.4 Å². The number of alkyl halides is 1. The van der Waals surface area contributed by atoms with Crippen LogP contribution in [0.15, 0.2) is 70.2 Å². The molecule has 0 radical (unpaired) electrons. The summed E-state index contributed by atoms with van der Waals surface area (Å²) in [5.74, 6) is -0.0810. The zero-order valence-corrected chi connectivity index (χ0v) is 18.3. The number of rotatable bonds is 6. The summed E-state index contributed by atoms with van der Waals surface area (Å²) in [5, 5.41) is 11.6. The Morgan fingerprint density at radius 1 is 1.20 bits per heavy atom. The van der Waals surface area contributed by atoms with E-state index < -0.39 is 21.4 Å². The first-order valence-corrected chi connectivity index (χ1v) is 11.2. The highest BCUT2D eigenvalue weighted by Gasteiger charge is 2.19. The Bertz CT molecular complexity index is 1150. The van der Waals surface area contributed by atoms with E-state index in [1.54, 1.807) is 30.5 Å². The second-order valence-electron chi connectivity index (χ2n) is 6.24. The van der Waals surface area contributed by atoms with Crippen LogP contribution in [0, 0.1) is 0 Å². The van der Waals surface area contributed by atoms with Gasteiger partial charge in [-0.2, -0.15) is 0 Å². The van der Waals surface area contributed by atoms with Gasteiger partial charge in [-0.25, -0.2) is 13.6 Å². The normalized spacial score (nSPS) is 16.2. The van der Waals surface area contributed by atoms with Crippen molar-refractivity contribution in [3.8, 4) is 11.5 Å². The molecule has 11 heteroatoms. The van der Waals surface area contributed by atoms with Crippen molar-refractivity contribution in [3.05, 3.63) is 70.4 Å². The maximum Gasteiger partial charge on any atom is 0.241 e. The fourth-order valence-corrected chi connectivity index (χ4v) is 3.96. The number of ether oxygens (including phenoxy) is 1. The maximum absolute atomic E-state index is 12.4. The molecule has 1 atom stereocenters. The largest absolute Gasteiger partial charge is 0.456 e. The fraction of sp³-hybridized carbons (Fsp3) is 0.105. The Morgan fingerprint density at radius 3 is 2.63 bits per heavy atom. The SMILES string of the molecule is NS(=O)(=O)c1cc(NC(=O)CC2=CNC(Cl)C=C2Cl)ccc1Oc1cccc(Cl)c1. The molecule has 30 heavy (non-hydrogen) atoms. The van der Waals surface area contributed by atoms with Crippen LogP contribution in [-0.2, 0) is 14.8 Å². The zero-order chi connectivity index (χ0) is 21.9. The minimum absolute atomic E-state index is 0.00362. The topological polar surface area (TPSA) is 111 Å². The maximum atomic E-state index is 12.4. The number of anilines is 1. The van der Waals surface area contributed by atoms with Gasteiger partial charge >= 0.3 is 0 Å². The van der Waals surface area contributed by atoms with E-state index in [9.17, 15) is 13.2 Å². The number of halogens is 3. The van der Waals surface area contributed by atoms with Gasteiger partial charge in [0.05, 0.1) is 6.42 Å². The molecule has 0 spiro atoms. The number of sulfonamides is 1. The van der Waals surface area contributed by atoms with Crippen LogP contribution in [0.3, 0.4) is 0 Å². The number of carbonyl (C=O) groups is 1. The highest BCUT2D eigenvalue weighted by atomic mass is 35.5. The Kier molecular flexibility index (Phi) is 6.95. The Labute approximate surface area is 188 Å². The number of carbonyl (C=O) groups excluding carboxylic acids is 1. The number of nitrogens with one attached hydrogen (secondary N) is 2. The van der Waals surface area contributed by atoms with Gasteiger partial charge in [-0.1, -0.05) is 40.9 Å². The van der Waals surface area contributed by atoms with E-state index >= 15 is 0 Å². The Hall–Kier alpha value is -2.23. The molecular formula is C19H16Cl3N3O4S. The molecule has 0 aliphatic carbocycles. The summed E-state index contributed by atoms with van der Waals surface area (Å²) in [4.78, 5) is 12.1. The summed E-state index contributed by atoms with van der Waals surface area (Å²) in [7, 11) is -4.14. The zero-order valence-electron chi connectivity index (χ0n) is 15.2. The van der Waals surface area contributed by atoms with Gasteiger partial charge in [0.15, 0.2) is 0 Å². The molecule has 1 aliphatic heterocycles. The van der Waals surface area contributed by atoms with Crippen molar-refractivity contribution in [2.24, 2.45) is 5.14 Å². The van der Waals surface area contributed by atoms with Gasteiger partial charge in [-0.15, -0.1) is 0 Å². The average molecular weight is 489 g/mol. The summed E-state index contributed by atoms with van der Waals surface area (Å²) in [5.41, 5.74) is 0.314. The molecule has 2 aromatic rings. The lowest BCUT2D eigenvalue weighted by Gasteiger charge is -2.16. The number of benzene rings is 2. The lowest BCUT2D eigenvalue weighted by atomic mass is 10.1. The molecule has 0 bridgehead atoms. The van der Waals surface area contributed by atoms with Gasteiger partial charge in [-0.05, 0) is 48.0 Å². The first-order valence-electron chi connectivity index (χ1n) is 8.49. The fourth-order valence-electron chi connectivity index (χ4n) is 2.60. The number of primary sulfonamides is 1. The van der Waals surface area contributed by atoms with Crippen molar-refractivity contribution in [2.75, 3.05) is 5.32 Å². The van der Waals surface area contributed by atoms with Crippen LogP contribution in [0.25, 0.3) is 0 Å². The second kappa shape index (κ2) is 9.28. The summed E-state index contributed by atoms with van der Waals surface area (Å²) in [6.45, 7) is 0. The van der Waals surface area contributed by atoms with Gasteiger partial charge in [-0.3, -0.25) is 4.79 Å². The predicted octanol–water partition coefficient (Wildman–Crippen LogP) is 4.28. The van der Waals surface area contributed by atoms with Crippen molar-refractivity contribution in [3.63, 3.8) is 0 Å². The van der Waals surface area contributed by atoms with Gasteiger partial charge in [0.1, 0.15) is 21.9 Å². The van der Waals surface area contributed by atoms with Crippen molar-refractivity contribution < 1.29 is 17.9 Å². The second-order valence-corrected chi connectivity index (χ2v) is 9.09. The van der Waals surface area contributed by atoms with Crippen molar-refractivity contribution in [1.29, 1.82) is 0 Å². The molecule has 158 valence electrons. The van der Waals surface area contributed by atoms with Crippen LogP contribution < -0.4 is 20.5 Å². The third kappa shape index (κ3) is 5.90. The van der Waals surface area contributed by atoms with Crippen LogP contribution in [-0.4, -0.2) is 19.8 Å². The molecule has 3 rings (SSSR count). The molecule has 0 saturated carbocycles. The van der Waals surface area contributed by atoms with Crippen LogP contribution in [0.2, 0.25) is 5.02 Å². The van der Waals surface area contributed by atoms with Crippen molar-refractivity contribution in [1.82, 2.24) is 5.32 Å². The molecule has 1 heterocycles. The van der Waals surface area contributed by atoms with Crippen molar-refractivity contribution >= 4 is 56.4 Å². The van der Waals surface area contributed by atoms with E-state index in [-0.39, 0.29) is 22.8 Å². The van der Waals surface area contributed by atoms with Gasteiger partial charge in [0.25, 0.3) is 0 Å². The highest BCUT2D eigenvalue weighted by Crippen LogP contribution is 2.32. The smallest absolute Gasteiger partial charge is 0.241 e. The molecule has 0 aromatic heterocycles. The molecule has 0 fully saturated rings. The molecular weight excluding hydrogens is 473 g/mol. The Balaban J connectivity index is 1.79. The summed E-state index contributed by atoms with van der Waals surface area (Å²) in [6, 6.07) is 10.5. The molecule has 4 N–H and O–H groups in total. The van der Waals surface area contributed by atoms with Crippen LogP contribution in [0.4, 0.5) is 5.69 Å². The molecule has 1 aliphatic rings. The lowest BCUT2D eigenvalue weighted by Crippen LogP contribution is -2.22. The summed E-state index contributed by atoms with van der Waals surface area (Å²) in [6.07, 6.45) is 3.07.